The first kappa shape index (κ1) is 20.8. The predicted octanol–water partition coefficient (Wildman–Crippen LogP) is 8.08. The number of carbonyl (C=O) groups is 1. The summed E-state index contributed by atoms with van der Waals surface area (Å²) < 4.78 is 12.5. The molecule has 0 aliphatic heterocycles. The number of anilines is 1. The SMILES string of the molecule is O=C(Nc1ccc(Cl)c(-c2nc3cc(Cl)ccc3o2)c1)c1ccc(-c2ccc(Br)cc2)o1. The molecule has 5 nitrogen and oxygen atoms in total. The summed E-state index contributed by atoms with van der Waals surface area (Å²) in [4.78, 5) is 17.2. The van der Waals surface area contributed by atoms with Gasteiger partial charge in [-0.05, 0) is 60.7 Å². The number of oxazole rings is 1. The molecule has 5 aromatic rings. The van der Waals surface area contributed by atoms with Crippen molar-refractivity contribution >= 4 is 61.8 Å². The number of amides is 1. The number of halogens is 3. The van der Waals surface area contributed by atoms with Crippen LogP contribution >= 0.6 is 39.1 Å². The van der Waals surface area contributed by atoms with E-state index in [1.54, 1.807) is 48.5 Å². The van der Waals surface area contributed by atoms with Crippen LogP contribution in [0.3, 0.4) is 0 Å². The van der Waals surface area contributed by atoms with Crippen molar-refractivity contribution < 1.29 is 13.6 Å². The molecule has 0 unspecified atom stereocenters. The van der Waals surface area contributed by atoms with Crippen LogP contribution in [0.5, 0.6) is 0 Å². The molecule has 8 heteroatoms. The molecule has 2 heterocycles. The van der Waals surface area contributed by atoms with Gasteiger partial charge in [-0.25, -0.2) is 4.98 Å². The molecule has 0 aliphatic carbocycles. The molecule has 2 aromatic heterocycles. The lowest BCUT2D eigenvalue weighted by Gasteiger charge is -2.06. The van der Waals surface area contributed by atoms with Crippen LogP contribution in [-0.2, 0) is 0 Å². The molecular weight excluding hydrogens is 515 g/mol. The van der Waals surface area contributed by atoms with Crippen molar-refractivity contribution in [1.29, 1.82) is 0 Å². The van der Waals surface area contributed by atoms with Crippen molar-refractivity contribution in [1.82, 2.24) is 4.98 Å². The van der Waals surface area contributed by atoms with Gasteiger partial charge in [0, 0.05) is 20.7 Å². The van der Waals surface area contributed by atoms with Gasteiger partial charge in [-0.2, -0.15) is 0 Å². The van der Waals surface area contributed by atoms with Gasteiger partial charge in [-0.15, -0.1) is 0 Å². The fourth-order valence-electron chi connectivity index (χ4n) is 3.20. The number of nitrogens with one attached hydrogen (secondary N) is 1. The molecule has 0 saturated heterocycles. The Labute approximate surface area is 201 Å². The van der Waals surface area contributed by atoms with Gasteiger partial charge in [-0.1, -0.05) is 51.3 Å². The van der Waals surface area contributed by atoms with Crippen molar-refractivity contribution in [2.45, 2.75) is 0 Å². The molecule has 158 valence electrons. The van der Waals surface area contributed by atoms with E-state index in [0.717, 1.165) is 10.0 Å². The Balaban J connectivity index is 1.40. The average Bonchev–Trinajstić information content (AvgIpc) is 3.43. The Morgan fingerprint density at radius 1 is 0.906 bits per heavy atom. The molecule has 0 spiro atoms. The van der Waals surface area contributed by atoms with Crippen LogP contribution < -0.4 is 5.32 Å². The fourth-order valence-corrected chi connectivity index (χ4v) is 3.83. The highest BCUT2D eigenvalue weighted by Crippen LogP contribution is 2.33. The molecule has 32 heavy (non-hydrogen) atoms. The molecule has 0 bridgehead atoms. The highest BCUT2D eigenvalue weighted by Gasteiger charge is 2.16. The van der Waals surface area contributed by atoms with Gasteiger partial charge in [-0.3, -0.25) is 4.79 Å². The van der Waals surface area contributed by atoms with Crippen LogP contribution in [-0.4, -0.2) is 10.9 Å². The number of aromatic nitrogens is 1. The molecule has 0 atom stereocenters. The van der Waals surface area contributed by atoms with Crippen LogP contribution in [0.1, 0.15) is 10.6 Å². The summed E-state index contributed by atoms with van der Waals surface area (Å²) in [5.41, 5.74) is 3.15. The third-order valence-corrected chi connectivity index (χ3v) is 5.86. The number of hydrogen-bond acceptors (Lipinski definition) is 4. The van der Waals surface area contributed by atoms with Gasteiger partial charge in [0.1, 0.15) is 11.3 Å². The van der Waals surface area contributed by atoms with Gasteiger partial charge in [0.05, 0.1) is 10.6 Å². The van der Waals surface area contributed by atoms with Gasteiger partial charge in [0.25, 0.3) is 5.91 Å². The second-order valence-corrected chi connectivity index (χ2v) is 8.71. The Kier molecular flexibility index (Phi) is 5.51. The number of hydrogen-bond donors (Lipinski definition) is 1. The van der Waals surface area contributed by atoms with Gasteiger partial charge >= 0.3 is 0 Å². The first-order valence-corrected chi connectivity index (χ1v) is 11.0. The van der Waals surface area contributed by atoms with Crippen molar-refractivity contribution in [2.24, 2.45) is 0 Å². The normalized spacial score (nSPS) is 11.1. The van der Waals surface area contributed by atoms with Crippen LogP contribution in [0.2, 0.25) is 10.0 Å². The van der Waals surface area contributed by atoms with E-state index in [9.17, 15) is 4.79 Å². The van der Waals surface area contributed by atoms with Crippen molar-refractivity contribution in [3.63, 3.8) is 0 Å². The van der Waals surface area contributed by atoms with E-state index in [-0.39, 0.29) is 11.7 Å². The van der Waals surface area contributed by atoms with Crippen LogP contribution in [0.4, 0.5) is 5.69 Å². The Morgan fingerprint density at radius 2 is 1.72 bits per heavy atom. The topological polar surface area (TPSA) is 68.3 Å². The summed E-state index contributed by atoms with van der Waals surface area (Å²) in [5, 5.41) is 3.82. The highest BCUT2D eigenvalue weighted by molar-refractivity contribution is 9.10. The first-order chi connectivity index (χ1) is 15.5. The molecule has 1 N–H and O–H groups in total. The number of furan rings is 1. The van der Waals surface area contributed by atoms with Gasteiger partial charge in [0.2, 0.25) is 5.89 Å². The Hall–Kier alpha value is -3.06. The Morgan fingerprint density at radius 3 is 2.53 bits per heavy atom. The molecule has 0 saturated carbocycles. The second-order valence-electron chi connectivity index (χ2n) is 6.95. The lowest BCUT2D eigenvalue weighted by atomic mass is 10.2. The lowest BCUT2D eigenvalue weighted by molar-refractivity contribution is 0.0997. The van der Waals surface area contributed by atoms with Gasteiger partial charge < -0.3 is 14.2 Å². The maximum absolute atomic E-state index is 12.7. The predicted molar refractivity (Wildman–Crippen MR) is 129 cm³/mol. The summed E-state index contributed by atoms with van der Waals surface area (Å²) in [7, 11) is 0. The fraction of sp³-hybridized carbons (Fsp3) is 0. The summed E-state index contributed by atoms with van der Waals surface area (Å²) in [6.07, 6.45) is 0. The standard InChI is InChI=1S/C24H13BrCl2N2O3/c25-14-3-1-13(2-4-14)20-9-10-22(31-20)23(30)28-16-6-7-18(27)17(12-16)24-29-19-11-15(26)5-8-21(19)32-24/h1-12H,(H,28,30). The van der Waals surface area contributed by atoms with E-state index in [1.165, 1.54) is 0 Å². The molecule has 1 amide bonds. The zero-order valence-electron chi connectivity index (χ0n) is 16.2. The quantitative estimate of drug-likeness (QED) is 0.256. The zero-order valence-corrected chi connectivity index (χ0v) is 19.3. The zero-order chi connectivity index (χ0) is 22.2. The number of nitrogens with zero attached hydrogens (tertiary/aromatic N) is 1. The Bertz CT molecular complexity index is 1460. The van der Waals surface area contributed by atoms with Crippen molar-refractivity contribution in [2.75, 3.05) is 5.32 Å². The maximum Gasteiger partial charge on any atom is 0.291 e. The number of carbonyl (C=O) groups excluding carboxylic acids is 1. The van der Waals surface area contributed by atoms with E-state index in [4.69, 9.17) is 32.0 Å². The molecular formula is C24H13BrCl2N2O3. The van der Waals surface area contributed by atoms with Crippen LogP contribution in [0.25, 0.3) is 33.9 Å². The van der Waals surface area contributed by atoms with Crippen molar-refractivity contribution in [3.05, 3.63) is 93.1 Å². The first-order valence-electron chi connectivity index (χ1n) is 9.49. The smallest absolute Gasteiger partial charge is 0.291 e. The number of rotatable bonds is 4. The number of fused-ring (bicyclic) bond motifs is 1. The third kappa shape index (κ3) is 4.17. The van der Waals surface area contributed by atoms with Gasteiger partial charge in [0.15, 0.2) is 11.3 Å². The third-order valence-electron chi connectivity index (χ3n) is 4.76. The summed E-state index contributed by atoms with van der Waals surface area (Å²) >= 11 is 15.8. The molecule has 0 fully saturated rings. The van der Waals surface area contributed by atoms with E-state index in [1.807, 2.05) is 24.3 Å². The van der Waals surface area contributed by atoms with E-state index < -0.39 is 0 Å². The number of benzene rings is 3. The lowest BCUT2D eigenvalue weighted by Crippen LogP contribution is -2.10. The largest absolute Gasteiger partial charge is 0.451 e. The average molecular weight is 528 g/mol. The van der Waals surface area contributed by atoms with Crippen molar-refractivity contribution in [3.8, 4) is 22.8 Å². The minimum atomic E-state index is -0.383. The van der Waals surface area contributed by atoms with E-state index >= 15 is 0 Å². The summed E-state index contributed by atoms with van der Waals surface area (Å²) in [6, 6.07) is 21.3. The maximum atomic E-state index is 12.7. The van der Waals surface area contributed by atoms with Crippen LogP contribution in [0, 0.1) is 0 Å². The summed E-state index contributed by atoms with van der Waals surface area (Å²) in [5.74, 6) is 0.741. The van der Waals surface area contributed by atoms with E-state index in [0.29, 0.717) is 44.0 Å². The molecule has 3 aromatic carbocycles. The van der Waals surface area contributed by atoms with Crippen LogP contribution in [0.15, 0.2) is 86.1 Å². The second kappa shape index (κ2) is 8.47. The summed E-state index contributed by atoms with van der Waals surface area (Å²) in [6.45, 7) is 0. The monoisotopic (exact) mass is 526 g/mol. The molecule has 5 rings (SSSR count). The molecule has 0 radical (unpaired) electrons. The van der Waals surface area contributed by atoms with E-state index in [2.05, 4.69) is 26.2 Å². The minimum absolute atomic E-state index is 0.191. The minimum Gasteiger partial charge on any atom is -0.451 e. The highest BCUT2D eigenvalue weighted by atomic mass is 79.9. The molecule has 0 aliphatic rings.